The number of methoxy groups -OCH3 is 2. The van der Waals surface area contributed by atoms with Crippen LogP contribution in [0.25, 0.3) is 0 Å². The van der Waals surface area contributed by atoms with Crippen LogP contribution in [0.5, 0.6) is 11.5 Å². The molecule has 1 aliphatic heterocycles. The van der Waals surface area contributed by atoms with Crippen molar-refractivity contribution in [3.05, 3.63) is 53.6 Å². The van der Waals surface area contributed by atoms with Crippen molar-refractivity contribution < 1.29 is 19.1 Å². The topological polar surface area (TPSA) is 79.9 Å². The maximum atomic E-state index is 13.3. The number of rotatable bonds is 11. The van der Waals surface area contributed by atoms with Crippen LogP contribution >= 0.6 is 0 Å². The molecular formula is C29H39N3O4. The van der Waals surface area contributed by atoms with Gasteiger partial charge in [0.25, 0.3) is 5.91 Å². The Morgan fingerprint density at radius 2 is 1.86 bits per heavy atom. The highest BCUT2D eigenvalue weighted by molar-refractivity contribution is 5.97. The number of amides is 2. The molecule has 0 spiro atoms. The molecule has 2 aliphatic rings. The van der Waals surface area contributed by atoms with Gasteiger partial charge in [-0.1, -0.05) is 50.3 Å². The summed E-state index contributed by atoms with van der Waals surface area (Å²) in [5.41, 5.74) is 2.89. The molecule has 4 rings (SSSR count). The fourth-order valence-corrected chi connectivity index (χ4v) is 5.47. The first-order valence-corrected chi connectivity index (χ1v) is 13.2. The molecule has 36 heavy (non-hydrogen) atoms. The summed E-state index contributed by atoms with van der Waals surface area (Å²) in [7, 11) is 3.27. The smallest absolute Gasteiger partial charge is 0.252 e. The van der Waals surface area contributed by atoms with Crippen molar-refractivity contribution >= 4 is 17.5 Å². The monoisotopic (exact) mass is 493 g/mol. The molecule has 2 N–H and O–H groups in total. The highest BCUT2D eigenvalue weighted by Crippen LogP contribution is 2.36. The average Bonchev–Trinajstić information content (AvgIpc) is 3.34. The highest BCUT2D eigenvalue weighted by atomic mass is 16.5. The lowest BCUT2D eigenvalue weighted by Crippen LogP contribution is -2.48. The zero-order valence-electron chi connectivity index (χ0n) is 21.6. The van der Waals surface area contributed by atoms with E-state index in [0.717, 1.165) is 30.8 Å². The Labute approximate surface area is 214 Å². The lowest BCUT2D eigenvalue weighted by atomic mass is 9.85. The number of para-hydroxylation sites is 1. The fourth-order valence-electron chi connectivity index (χ4n) is 5.47. The first-order chi connectivity index (χ1) is 17.6. The Morgan fingerprint density at radius 3 is 2.64 bits per heavy atom. The lowest BCUT2D eigenvalue weighted by Gasteiger charge is -2.25. The van der Waals surface area contributed by atoms with Crippen molar-refractivity contribution in [2.75, 3.05) is 38.8 Å². The van der Waals surface area contributed by atoms with E-state index in [1.165, 1.54) is 37.7 Å². The number of fused-ring (bicyclic) bond motifs is 1. The highest BCUT2D eigenvalue weighted by Gasteiger charge is 2.26. The van der Waals surface area contributed by atoms with Crippen LogP contribution in [0.15, 0.2) is 42.5 Å². The quantitative estimate of drug-likeness (QED) is 0.487. The van der Waals surface area contributed by atoms with Gasteiger partial charge in [0.1, 0.15) is 17.5 Å². The first-order valence-electron chi connectivity index (χ1n) is 13.2. The number of hydrogen-bond donors (Lipinski definition) is 2. The maximum Gasteiger partial charge on any atom is 0.252 e. The molecule has 1 aliphatic carbocycles. The van der Waals surface area contributed by atoms with E-state index < -0.39 is 6.04 Å². The number of nitrogens with zero attached hydrogens (tertiary/aromatic N) is 1. The molecular weight excluding hydrogens is 454 g/mol. The van der Waals surface area contributed by atoms with Crippen LogP contribution < -0.4 is 25.0 Å². The van der Waals surface area contributed by atoms with Crippen LogP contribution in [-0.4, -0.2) is 51.7 Å². The first kappa shape index (κ1) is 25.9. The lowest BCUT2D eigenvalue weighted by molar-refractivity contribution is -0.123. The Morgan fingerprint density at radius 1 is 1.06 bits per heavy atom. The molecule has 0 saturated heterocycles. The summed E-state index contributed by atoms with van der Waals surface area (Å²) in [5, 5.41) is 6.08. The summed E-state index contributed by atoms with van der Waals surface area (Å²) in [6.07, 6.45) is 8.83. The van der Waals surface area contributed by atoms with Gasteiger partial charge < -0.3 is 25.0 Å². The van der Waals surface area contributed by atoms with Gasteiger partial charge in [0.05, 0.1) is 19.9 Å². The zero-order valence-corrected chi connectivity index (χ0v) is 21.6. The van der Waals surface area contributed by atoms with E-state index in [0.29, 0.717) is 36.7 Å². The third-order valence-corrected chi connectivity index (χ3v) is 7.49. The van der Waals surface area contributed by atoms with E-state index in [1.807, 2.05) is 12.1 Å². The summed E-state index contributed by atoms with van der Waals surface area (Å²) < 4.78 is 10.8. The van der Waals surface area contributed by atoms with Crippen molar-refractivity contribution in [1.82, 2.24) is 10.6 Å². The second kappa shape index (κ2) is 12.7. The van der Waals surface area contributed by atoms with Crippen LogP contribution in [-0.2, 0) is 11.2 Å². The van der Waals surface area contributed by atoms with Crippen LogP contribution in [0.1, 0.15) is 60.9 Å². The van der Waals surface area contributed by atoms with E-state index >= 15 is 0 Å². The van der Waals surface area contributed by atoms with Crippen LogP contribution in [0, 0.1) is 5.92 Å². The molecule has 1 heterocycles. The Hall–Kier alpha value is -3.22. The minimum absolute atomic E-state index is 0.124. The molecule has 2 amide bonds. The number of ether oxygens (including phenoxy) is 2. The molecule has 1 fully saturated rings. The predicted molar refractivity (Wildman–Crippen MR) is 142 cm³/mol. The number of carbonyl (C=O) groups is 2. The normalized spacial score (nSPS) is 16.2. The van der Waals surface area contributed by atoms with Crippen LogP contribution in [0.4, 0.5) is 5.69 Å². The van der Waals surface area contributed by atoms with Crippen LogP contribution in [0.2, 0.25) is 0 Å². The fraction of sp³-hybridized carbons (Fsp3) is 0.517. The second-order valence-corrected chi connectivity index (χ2v) is 9.84. The molecule has 1 saturated carbocycles. The summed E-state index contributed by atoms with van der Waals surface area (Å²) >= 11 is 0. The summed E-state index contributed by atoms with van der Waals surface area (Å²) in [5.74, 6) is 1.74. The maximum absolute atomic E-state index is 13.3. The number of hydrogen-bond acceptors (Lipinski definition) is 5. The number of carbonyl (C=O) groups excluding carboxylic acids is 2. The molecule has 0 radical (unpaired) electrons. The summed E-state index contributed by atoms with van der Waals surface area (Å²) in [4.78, 5) is 28.5. The van der Waals surface area contributed by atoms with Gasteiger partial charge in [-0.2, -0.15) is 0 Å². The minimum atomic E-state index is -0.564. The SMILES string of the molecule is COc1cccc(C(=O)N[C@@H](CCC2CCCCC2)C(=O)NCCN2CCc3cccc(OC)c32)c1. The largest absolute Gasteiger partial charge is 0.497 e. The number of nitrogens with one attached hydrogen (secondary N) is 2. The van der Waals surface area contributed by atoms with E-state index in [2.05, 4.69) is 21.6 Å². The summed E-state index contributed by atoms with van der Waals surface area (Å²) in [6, 6.07) is 12.6. The molecule has 0 unspecified atom stereocenters. The third-order valence-electron chi connectivity index (χ3n) is 7.49. The second-order valence-electron chi connectivity index (χ2n) is 9.84. The van der Waals surface area contributed by atoms with Gasteiger partial charge in [0.15, 0.2) is 0 Å². The van der Waals surface area contributed by atoms with Gasteiger partial charge >= 0.3 is 0 Å². The van der Waals surface area contributed by atoms with Crippen molar-refractivity contribution in [1.29, 1.82) is 0 Å². The molecule has 7 nitrogen and oxygen atoms in total. The van der Waals surface area contributed by atoms with Crippen LogP contribution in [0.3, 0.4) is 0 Å². The van der Waals surface area contributed by atoms with E-state index in [1.54, 1.807) is 38.5 Å². The zero-order chi connectivity index (χ0) is 25.3. The third kappa shape index (κ3) is 6.50. The van der Waals surface area contributed by atoms with Gasteiger partial charge in [0, 0.05) is 25.2 Å². The van der Waals surface area contributed by atoms with Gasteiger partial charge in [-0.05, 0) is 55.0 Å². The van der Waals surface area contributed by atoms with Gasteiger partial charge in [-0.25, -0.2) is 0 Å². The Bertz CT molecular complexity index is 1030. The Balaban J connectivity index is 1.37. The number of benzene rings is 2. The van der Waals surface area contributed by atoms with E-state index in [-0.39, 0.29) is 11.8 Å². The predicted octanol–water partition coefficient (Wildman–Crippen LogP) is 4.34. The molecule has 1 atom stereocenters. The van der Waals surface area contributed by atoms with Crippen molar-refractivity contribution in [3.8, 4) is 11.5 Å². The molecule has 2 aromatic carbocycles. The molecule has 7 heteroatoms. The molecule has 0 aromatic heterocycles. The number of anilines is 1. The molecule has 0 bridgehead atoms. The van der Waals surface area contributed by atoms with Crippen molar-refractivity contribution in [2.24, 2.45) is 5.92 Å². The van der Waals surface area contributed by atoms with Crippen molar-refractivity contribution in [2.45, 2.75) is 57.4 Å². The minimum Gasteiger partial charge on any atom is -0.497 e. The average molecular weight is 494 g/mol. The molecule has 194 valence electrons. The summed E-state index contributed by atoms with van der Waals surface area (Å²) in [6.45, 7) is 2.10. The molecule has 2 aromatic rings. The Kier molecular flexibility index (Phi) is 9.09. The van der Waals surface area contributed by atoms with Crippen molar-refractivity contribution in [3.63, 3.8) is 0 Å². The van der Waals surface area contributed by atoms with Gasteiger partial charge in [-0.3, -0.25) is 9.59 Å². The van der Waals surface area contributed by atoms with E-state index in [9.17, 15) is 9.59 Å². The van der Waals surface area contributed by atoms with E-state index in [4.69, 9.17) is 9.47 Å². The standard InChI is InChI=1S/C29H39N3O4/c1-35-24-12-6-11-23(20-24)28(33)31-25(15-14-21-8-4-3-5-9-21)29(34)30-17-19-32-18-16-22-10-7-13-26(36-2)27(22)32/h6-7,10-13,20-21,25H,3-5,8-9,14-19H2,1-2H3,(H,30,34)(H,31,33)/t25-/m0/s1. The van der Waals surface area contributed by atoms with Gasteiger partial charge in [0.2, 0.25) is 5.91 Å². The van der Waals surface area contributed by atoms with Gasteiger partial charge in [-0.15, -0.1) is 0 Å².